The summed E-state index contributed by atoms with van der Waals surface area (Å²) in [4.78, 5) is 34.7. The summed E-state index contributed by atoms with van der Waals surface area (Å²) in [5.74, 6) is 1.29. The monoisotopic (exact) mass is 270 g/mol. The quantitative estimate of drug-likeness (QED) is 0.719. The highest BCUT2D eigenvalue weighted by Gasteiger charge is 2.43. The number of imide groups is 1. The Morgan fingerprint density at radius 1 is 1.39 bits per heavy atom. The van der Waals surface area contributed by atoms with Gasteiger partial charge >= 0.3 is 6.03 Å². The van der Waals surface area contributed by atoms with E-state index in [2.05, 4.69) is 9.98 Å². The van der Waals surface area contributed by atoms with Crippen LogP contribution in [0.25, 0.3) is 0 Å². The second-order valence-corrected chi connectivity index (χ2v) is 4.57. The third-order valence-electron chi connectivity index (χ3n) is 2.95. The average Bonchev–Trinajstić information content (AvgIpc) is 2.67. The molecule has 1 atom stereocenters. The Bertz CT molecular complexity index is 446. The highest BCUT2D eigenvalue weighted by molar-refractivity contribution is 6.25. The number of halogens is 1. The summed E-state index contributed by atoms with van der Waals surface area (Å²) >= 11 is 5.75. The number of urea groups is 1. The summed E-state index contributed by atoms with van der Waals surface area (Å²) in [5.41, 5.74) is 0. The Labute approximate surface area is 110 Å². The second-order valence-electron chi connectivity index (χ2n) is 4.19. The van der Waals surface area contributed by atoms with Crippen LogP contribution in [0.1, 0.15) is 19.8 Å². The number of carbonyl (C=O) groups is 2. The van der Waals surface area contributed by atoms with E-state index < -0.39 is 12.1 Å². The van der Waals surface area contributed by atoms with Crippen LogP contribution in [0, 0.1) is 0 Å². The van der Waals surface area contributed by atoms with Crippen molar-refractivity contribution in [1.29, 1.82) is 0 Å². The van der Waals surface area contributed by atoms with Gasteiger partial charge in [0.1, 0.15) is 5.84 Å². The molecule has 0 saturated carbocycles. The Balaban J connectivity index is 2.36. The van der Waals surface area contributed by atoms with Crippen LogP contribution in [0.2, 0.25) is 0 Å². The number of amides is 3. The maximum Gasteiger partial charge on any atom is 0.351 e. The molecular formula is C11H15ClN4O2. The molecule has 6 nitrogen and oxygen atoms in total. The Morgan fingerprint density at radius 3 is 2.72 bits per heavy atom. The van der Waals surface area contributed by atoms with Crippen LogP contribution in [-0.4, -0.2) is 58.9 Å². The SMILES string of the molecule is CCCC1=NC2C(=O)N(C)C(=O)N=C2N1CCCl. The molecule has 2 rings (SSSR count). The number of amidine groups is 2. The lowest BCUT2D eigenvalue weighted by Crippen LogP contribution is -2.50. The smallest absolute Gasteiger partial charge is 0.315 e. The first-order chi connectivity index (χ1) is 8.60. The predicted octanol–water partition coefficient (Wildman–Crippen LogP) is 1.10. The van der Waals surface area contributed by atoms with Crippen molar-refractivity contribution >= 4 is 35.2 Å². The Kier molecular flexibility index (Phi) is 3.65. The molecule has 0 aromatic rings. The van der Waals surface area contributed by atoms with Crippen LogP contribution in [0.3, 0.4) is 0 Å². The van der Waals surface area contributed by atoms with Gasteiger partial charge in [-0.1, -0.05) is 6.92 Å². The van der Waals surface area contributed by atoms with Crippen molar-refractivity contribution in [1.82, 2.24) is 9.80 Å². The van der Waals surface area contributed by atoms with Crippen molar-refractivity contribution in [2.45, 2.75) is 25.8 Å². The molecular weight excluding hydrogens is 256 g/mol. The summed E-state index contributed by atoms with van der Waals surface area (Å²) in [6, 6.07) is -1.21. The van der Waals surface area contributed by atoms with Gasteiger partial charge in [-0.25, -0.2) is 4.79 Å². The van der Waals surface area contributed by atoms with E-state index in [0.717, 1.165) is 23.6 Å². The van der Waals surface area contributed by atoms with Gasteiger partial charge in [0.25, 0.3) is 5.91 Å². The standard InChI is InChI=1S/C11H15ClN4O2/c1-3-4-7-13-8-9(16(7)6-5-12)14-11(18)15(2)10(8)17/h8H,3-6H2,1-2H3. The van der Waals surface area contributed by atoms with Gasteiger partial charge in [-0.15, -0.1) is 11.6 Å². The maximum atomic E-state index is 12.0. The second kappa shape index (κ2) is 5.06. The van der Waals surface area contributed by atoms with E-state index >= 15 is 0 Å². The highest BCUT2D eigenvalue weighted by atomic mass is 35.5. The fourth-order valence-electron chi connectivity index (χ4n) is 2.05. The fraction of sp³-hybridized carbons (Fsp3) is 0.636. The van der Waals surface area contributed by atoms with Gasteiger partial charge in [-0.3, -0.25) is 14.7 Å². The van der Waals surface area contributed by atoms with E-state index in [-0.39, 0.29) is 5.91 Å². The zero-order valence-electron chi connectivity index (χ0n) is 10.4. The summed E-state index contributed by atoms with van der Waals surface area (Å²) in [5, 5.41) is 0. The van der Waals surface area contributed by atoms with Gasteiger partial charge < -0.3 is 4.90 Å². The van der Waals surface area contributed by atoms with Gasteiger partial charge in [0.2, 0.25) is 0 Å². The third kappa shape index (κ3) is 2.01. The van der Waals surface area contributed by atoms with Crippen LogP contribution in [0.5, 0.6) is 0 Å². The topological polar surface area (TPSA) is 65.3 Å². The lowest BCUT2D eigenvalue weighted by Gasteiger charge is -2.26. The molecule has 0 spiro atoms. The molecule has 0 bridgehead atoms. The largest absolute Gasteiger partial charge is 0.351 e. The molecule has 0 aliphatic carbocycles. The van der Waals surface area contributed by atoms with Crippen molar-refractivity contribution in [2.24, 2.45) is 9.98 Å². The minimum absolute atomic E-state index is 0.323. The van der Waals surface area contributed by atoms with Crippen LogP contribution < -0.4 is 0 Å². The fourth-order valence-corrected chi connectivity index (χ4v) is 2.21. The molecule has 1 unspecified atom stereocenters. The van der Waals surface area contributed by atoms with Gasteiger partial charge in [-0.05, 0) is 6.42 Å². The molecule has 7 heteroatoms. The molecule has 2 aliphatic rings. The molecule has 0 radical (unpaired) electrons. The van der Waals surface area contributed by atoms with E-state index in [9.17, 15) is 9.59 Å². The zero-order chi connectivity index (χ0) is 13.3. The highest BCUT2D eigenvalue weighted by Crippen LogP contribution is 2.21. The number of rotatable bonds is 4. The van der Waals surface area contributed by atoms with Crippen molar-refractivity contribution in [3.8, 4) is 0 Å². The van der Waals surface area contributed by atoms with Crippen LogP contribution in [-0.2, 0) is 4.79 Å². The van der Waals surface area contributed by atoms with Gasteiger partial charge in [0.15, 0.2) is 11.9 Å². The lowest BCUT2D eigenvalue weighted by molar-refractivity contribution is -0.127. The molecule has 0 saturated heterocycles. The molecule has 0 fully saturated rings. The molecule has 0 N–H and O–H groups in total. The van der Waals surface area contributed by atoms with E-state index in [1.807, 2.05) is 6.92 Å². The first-order valence-electron chi connectivity index (χ1n) is 5.90. The summed E-state index contributed by atoms with van der Waals surface area (Å²) in [7, 11) is 1.42. The van der Waals surface area contributed by atoms with Gasteiger partial charge in [0.05, 0.1) is 0 Å². The van der Waals surface area contributed by atoms with Crippen LogP contribution in [0.15, 0.2) is 9.98 Å². The number of fused-ring (bicyclic) bond motifs is 1. The molecule has 0 aromatic carbocycles. The average molecular weight is 271 g/mol. The minimum Gasteiger partial charge on any atom is -0.315 e. The van der Waals surface area contributed by atoms with Crippen molar-refractivity contribution in [3.63, 3.8) is 0 Å². The number of aliphatic imine (C=N–C) groups is 2. The van der Waals surface area contributed by atoms with Gasteiger partial charge in [0, 0.05) is 25.9 Å². The molecule has 98 valence electrons. The minimum atomic E-state index is -0.669. The molecule has 2 heterocycles. The van der Waals surface area contributed by atoms with E-state index in [1.54, 1.807) is 4.90 Å². The Hall–Kier alpha value is -1.43. The van der Waals surface area contributed by atoms with Gasteiger partial charge in [-0.2, -0.15) is 4.99 Å². The van der Waals surface area contributed by atoms with Crippen LogP contribution >= 0.6 is 11.6 Å². The van der Waals surface area contributed by atoms with Crippen molar-refractivity contribution in [2.75, 3.05) is 19.5 Å². The number of likely N-dealkylation sites (N-methyl/N-ethyl adjacent to an activating group) is 1. The zero-order valence-corrected chi connectivity index (χ0v) is 11.1. The molecule has 2 aliphatic heterocycles. The van der Waals surface area contributed by atoms with E-state index in [4.69, 9.17) is 11.6 Å². The molecule has 3 amide bonds. The summed E-state index contributed by atoms with van der Waals surface area (Å²) in [6.07, 6.45) is 1.66. The Morgan fingerprint density at radius 2 is 2.11 bits per heavy atom. The van der Waals surface area contributed by atoms with E-state index in [0.29, 0.717) is 18.3 Å². The third-order valence-corrected chi connectivity index (χ3v) is 3.12. The molecule has 0 aromatic heterocycles. The van der Waals surface area contributed by atoms with Crippen molar-refractivity contribution in [3.05, 3.63) is 0 Å². The number of hydrogen-bond donors (Lipinski definition) is 0. The summed E-state index contributed by atoms with van der Waals surface area (Å²) in [6.45, 7) is 2.55. The number of nitrogens with zero attached hydrogens (tertiary/aromatic N) is 4. The van der Waals surface area contributed by atoms with Crippen LogP contribution in [0.4, 0.5) is 4.79 Å². The number of hydrogen-bond acceptors (Lipinski definition) is 4. The van der Waals surface area contributed by atoms with E-state index in [1.165, 1.54) is 7.05 Å². The lowest BCUT2D eigenvalue weighted by atomic mass is 10.2. The summed E-state index contributed by atoms with van der Waals surface area (Å²) < 4.78 is 0. The number of carbonyl (C=O) groups excluding carboxylic acids is 2. The van der Waals surface area contributed by atoms with Crippen molar-refractivity contribution < 1.29 is 9.59 Å². The predicted molar refractivity (Wildman–Crippen MR) is 69.2 cm³/mol. The number of alkyl halides is 1. The maximum absolute atomic E-state index is 12.0. The first kappa shape index (κ1) is 13.0. The molecule has 18 heavy (non-hydrogen) atoms. The first-order valence-corrected chi connectivity index (χ1v) is 6.43. The normalized spacial score (nSPS) is 23.2.